The molecule has 0 bridgehead atoms. The lowest BCUT2D eigenvalue weighted by Gasteiger charge is -2.16. The Morgan fingerprint density at radius 2 is 2.09 bits per heavy atom. The molecule has 2 heterocycles. The van der Waals surface area contributed by atoms with Crippen molar-refractivity contribution in [3.8, 4) is 0 Å². The Balaban J connectivity index is 2.13. The predicted octanol–water partition coefficient (Wildman–Crippen LogP) is 3.88. The predicted molar refractivity (Wildman–Crippen MR) is 91.6 cm³/mol. The van der Waals surface area contributed by atoms with E-state index in [4.69, 9.17) is 23.8 Å². The third-order valence-electron chi connectivity index (χ3n) is 3.47. The van der Waals surface area contributed by atoms with E-state index in [9.17, 15) is 4.39 Å². The molecule has 0 atom stereocenters. The van der Waals surface area contributed by atoms with Gasteiger partial charge in [0, 0.05) is 18.7 Å². The van der Waals surface area contributed by atoms with Crippen LogP contribution < -0.4 is 4.80 Å². The number of aromatic nitrogens is 2. The van der Waals surface area contributed by atoms with Crippen molar-refractivity contribution in [2.75, 3.05) is 7.11 Å². The van der Waals surface area contributed by atoms with Gasteiger partial charge in [-0.15, -0.1) is 0 Å². The van der Waals surface area contributed by atoms with E-state index in [1.165, 1.54) is 30.7 Å². The van der Waals surface area contributed by atoms with Crippen LogP contribution in [-0.2, 0) is 17.9 Å². The standard InChI is InChI=1S/C14H14ClFN4OS2/c1-21-17-8-9-6-12(11(16)7-10(9)15)18-13-19-4-2-3-5-20(19)14(22)23-13/h6-8H,2-5H2,1H3/b17-8+,18-13+. The van der Waals surface area contributed by atoms with Crippen LogP contribution in [0, 0.1) is 9.77 Å². The van der Waals surface area contributed by atoms with Crippen molar-refractivity contribution in [2.45, 2.75) is 25.9 Å². The zero-order valence-electron chi connectivity index (χ0n) is 12.3. The molecule has 1 aromatic carbocycles. The van der Waals surface area contributed by atoms with E-state index in [1.807, 2.05) is 9.36 Å². The average molecular weight is 373 g/mol. The minimum atomic E-state index is -0.487. The van der Waals surface area contributed by atoms with Gasteiger partial charge in [0.05, 0.1) is 11.2 Å². The Bertz CT molecular complexity index is 884. The summed E-state index contributed by atoms with van der Waals surface area (Å²) in [6.07, 6.45) is 3.58. The molecule has 0 saturated heterocycles. The molecular weight excluding hydrogens is 359 g/mol. The van der Waals surface area contributed by atoms with Crippen LogP contribution in [0.4, 0.5) is 10.1 Å². The number of hydrogen-bond donors (Lipinski definition) is 0. The quantitative estimate of drug-likeness (QED) is 0.466. The van der Waals surface area contributed by atoms with Gasteiger partial charge in [-0.05, 0) is 37.2 Å². The van der Waals surface area contributed by atoms with Crippen molar-refractivity contribution in [2.24, 2.45) is 10.1 Å². The summed E-state index contributed by atoms with van der Waals surface area (Å²) >= 11 is 12.7. The third kappa shape index (κ3) is 3.39. The molecule has 0 fully saturated rings. The minimum absolute atomic E-state index is 0.199. The molecule has 0 unspecified atom stereocenters. The zero-order chi connectivity index (χ0) is 16.4. The van der Waals surface area contributed by atoms with Crippen molar-refractivity contribution < 1.29 is 9.23 Å². The number of fused-ring (bicyclic) bond motifs is 1. The van der Waals surface area contributed by atoms with Crippen molar-refractivity contribution in [1.29, 1.82) is 0 Å². The molecule has 0 spiro atoms. The highest BCUT2D eigenvalue weighted by molar-refractivity contribution is 7.73. The number of hydrogen-bond acceptors (Lipinski definition) is 5. The molecule has 0 aliphatic carbocycles. The van der Waals surface area contributed by atoms with Gasteiger partial charge in [0.15, 0.2) is 3.95 Å². The van der Waals surface area contributed by atoms with Crippen LogP contribution in [0.15, 0.2) is 22.3 Å². The summed E-state index contributed by atoms with van der Waals surface area (Å²) in [7, 11) is 1.43. The first kappa shape index (κ1) is 16.4. The lowest BCUT2D eigenvalue weighted by molar-refractivity contribution is 0.215. The second-order valence-corrected chi connectivity index (χ2v) is 6.97. The van der Waals surface area contributed by atoms with Gasteiger partial charge in [-0.25, -0.2) is 9.38 Å². The normalized spacial score (nSPS) is 15.2. The Morgan fingerprint density at radius 1 is 1.35 bits per heavy atom. The van der Waals surface area contributed by atoms with E-state index in [1.54, 1.807) is 6.07 Å². The van der Waals surface area contributed by atoms with Crippen LogP contribution in [0.2, 0.25) is 5.02 Å². The van der Waals surface area contributed by atoms with Crippen molar-refractivity contribution in [3.05, 3.63) is 37.3 Å². The fourth-order valence-electron chi connectivity index (χ4n) is 2.37. The molecule has 23 heavy (non-hydrogen) atoms. The summed E-state index contributed by atoms with van der Waals surface area (Å²) in [5.74, 6) is -0.487. The topological polar surface area (TPSA) is 43.8 Å². The van der Waals surface area contributed by atoms with E-state index >= 15 is 0 Å². The second kappa shape index (κ2) is 6.94. The van der Waals surface area contributed by atoms with Crippen LogP contribution in [0.3, 0.4) is 0 Å². The molecule has 0 saturated carbocycles. The molecule has 3 rings (SSSR count). The van der Waals surface area contributed by atoms with Crippen molar-refractivity contribution >= 4 is 47.1 Å². The maximum Gasteiger partial charge on any atom is 0.207 e. The fourth-order valence-corrected chi connectivity index (χ4v) is 3.87. The van der Waals surface area contributed by atoms with Gasteiger partial charge in [0.1, 0.15) is 18.6 Å². The first-order valence-corrected chi connectivity index (χ1v) is 8.61. The summed E-state index contributed by atoms with van der Waals surface area (Å²) in [4.78, 5) is 9.76. The summed E-state index contributed by atoms with van der Waals surface area (Å²) in [5, 5.41) is 3.91. The first-order chi connectivity index (χ1) is 11.1. The molecule has 1 aliphatic rings. The zero-order valence-corrected chi connectivity index (χ0v) is 14.7. The van der Waals surface area contributed by atoms with Crippen LogP contribution in [0.5, 0.6) is 0 Å². The van der Waals surface area contributed by atoms with Crippen molar-refractivity contribution in [3.63, 3.8) is 0 Å². The maximum atomic E-state index is 14.2. The summed E-state index contributed by atoms with van der Waals surface area (Å²) in [6, 6.07) is 2.77. The molecule has 1 aromatic heterocycles. The average Bonchev–Trinajstić information content (AvgIpc) is 2.85. The first-order valence-electron chi connectivity index (χ1n) is 7.01. The van der Waals surface area contributed by atoms with E-state index in [0.29, 0.717) is 10.4 Å². The van der Waals surface area contributed by atoms with E-state index in [0.717, 1.165) is 29.9 Å². The van der Waals surface area contributed by atoms with Crippen LogP contribution >= 0.6 is 35.2 Å². The highest BCUT2D eigenvalue weighted by Crippen LogP contribution is 2.25. The molecule has 0 amide bonds. The second-order valence-electron chi connectivity index (χ2n) is 4.96. The van der Waals surface area contributed by atoms with Crippen LogP contribution in [0.25, 0.3) is 0 Å². The summed E-state index contributed by atoms with van der Waals surface area (Å²) in [6.45, 7) is 1.71. The number of nitrogens with zero attached hydrogens (tertiary/aromatic N) is 4. The Hall–Kier alpha value is -1.51. The SMILES string of the molecule is CO/N=C/c1cc(/N=c2/sc(=S)n3n2CCCC3)c(F)cc1Cl. The van der Waals surface area contributed by atoms with Gasteiger partial charge in [0.25, 0.3) is 0 Å². The molecule has 2 aromatic rings. The van der Waals surface area contributed by atoms with Gasteiger partial charge in [-0.3, -0.25) is 9.36 Å². The number of oxime groups is 1. The van der Waals surface area contributed by atoms with E-state index in [2.05, 4.69) is 15.0 Å². The van der Waals surface area contributed by atoms with Gasteiger partial charge < -0.3 is 4.84 Å². The van der Waals surface area contributed by atoms with Gasteiger partial charge >= 0.3 is 0 Å². The molecule has 9 heteroatoms. The third-order valence-corrected chi connectivity index (χ3v) is 5.13. The maximum absolute atomic E-state index is 14.2. The highest BCUT2D eigenvalue weighted by Gasteiger charge is 2.12. The molecule has 122 valence electrons. The van der Waals surface area contributed by atoms with E-state index in [-0.39, 0.29) is 10.7 Å². The van der Waals surface area contributed by atoms with Crippen molar-refractivity contribution in [1.82, 2.24) is 9.36 Å². The van der Waals surface area contributed by atoms with Gasteiger partial charge in [-0.1, -0.05) is 28.1 Å². The molecule has 0 N–H and O–H groups in total. The Morgan fingerprint density at radius 3 is 2.83 bits per heavy atom. The summed E-state index contributed by atoms with van der Waals surface area (Å²) in [5.41, 5.74) is 0.736. The summed E-state index contributed by atoms with van der Waals surface area (Å²) < 4.78 is 19.0. The Labute approximate surface area is 146 Å². The lowest BCUT2D eigenvalue weighted by Crippen LogP contribution is -2.27. The molecular formula is C14H14ClFN4OS2. The minimum Gasteiger partial charge on any atom is -0.399 e. The van der Waals surface area contributed by atoms with Gasteiger partial charge in [0.2, 0.25) is 4.80 Å². The number of rotatable bonds is 3. The molecule has 0 radical (unpaired) electrons. The fraction of sp³-hybridized carbons (Fsp3) is 0.357. The van der Waals surface area contributed by atoms with Crippen LogP contribution in [-0.4, -0.2) is 22.7 Å². The smallest absolute Gasteiger partial charge is 0.207 e. The number of halogens is 2. The molecule has 1 aliphatic heterocycles. The monoisotopic (exact) mass is 372 g/mol. The van der Waals surface area contributed by atoms with E-state index < -0.39 is 5.82 Å². The highest BCUT2D eigenvalue weighted by atomic mass is 35.5. The van der Waals surface area contributed by atoms with Gasteiger partial charge in [-0.2, -0.15) is 0 Å². The molecule has 5 nitrogen and oxygen atoms in total. The number of benzene rings is 1. The Kier molecular flexibility index (Phi) is 4.93. The largest absolute Gasteiger partial charge is 0.399 e. The lowest BCUT2D eigenvalue weighted by atomic mass is 10.2. The van der Waals surface area contributed by atoms with Crippen LogP contribution in [0.1, 0.15) is 18.4 Å².